The molecule has 0 aliphatic heterocycles. The molecule has 5 heteroatoms. The van der Waals surface area contributed by atoms with Gasteiger partial charge in [-0.05, 0) is 43.7 Å². The van der Waals surface area contributed by atoms with Gasteiger partial charge in [-0.3, -0.25) is 4.79 Å². The Morgan fingerprint density at radius 1 is 1.05 bits per heavy atom. The third-order valence-electron chi connectivity index (χ3n) is 3.04. The molecule has 0 atom stereocenters. The molecule has 2 amide bonds. The van der Waals surface area contributed by atoms with Gasteiger partial charge in [0.1, 0.15) is 0 Å². The van der Waals surface area contributed by atoms with E-state index in [4.69, 9.17) is 11.6 Å². The monoisotopic (exact) mass is 302 g/mol. The van der Waals surface area contributed by atoms with Crippen molar-refractivity contribution in [2.24, 2.45) is 0 Å². The Labute approximate surface area is 128 Å². The predicted octanol–water partition coefficient (Wildman–Crippen LogP) is 4.50. The second-order valence-corrected chi connectivity index (χ2v) is 5.04. The van der Waals surface area contributed by atoms with E-state index in [0.717, 1.165) is 5.56 Å². The third-order valence-corrected chi connectivity index (χ3v) is 3.45. The lowest BCUT2D eigenvalue weighted by Crippen LogP contribution is -2.20. The molecular formula is C16H15ClN2O2. The lowest BCUT2D eigenvalue weighted by atomic mass is 10.1. The molecule has 0 unspecified atom stereocenters. The summed E-state index contributed by atoms with van der Waals surface area (Å²) < 4.78 is 0. The Morgan fingerprint density at radius 3 is 2.48 bits per heavy atom. The number of carbonyl (C=O) groups is 2. The standard InChI is InChI=1S/C16H15ClN2O2/c1-10-14(17)7-4-8-15(10)19-16(21)18-13-6-3-5-12(9-13)11(2)20/h3-9H,1-2H3,(H2,18,19,21). The normalized spacial score (nSPS) is 10.0. The number of hydrogen-bond acceptors (Lipinski definition) is 2. The summed E-state index contributed by atoms with van der Waals surface area (Å²) in [7, 11) is 0. The van der Waals surface area contributed by atoms with Crippen molar-refractivity contribution in [2.75, 3.05) is 10.6 Å². The van der Waals surface area contributed by atoms with Gasteiger partial charge < -0.3 is 10.6 Å². The summed E-state index contributed by atoms with van der Waals surface area (Å²) in [5, 5.41) is 6.01. The van der Waals surface area contributed by atoms with E-state index in [1.165, 1.54) is 6.92 Å². The number of rotatable bonds is 3. The van der Waals surface area contributed by atoms with Gasteiger partial charge in [-0.25, -0.2) is 4.79 Å². The molecule has 0 aliphatic carbocycles. The molecule has 2 rings (SSSR count). The summed E-state index contributed by atoms with van der Waals surface area (Å²) in [6.07, 6.45) is 0. The van der Waals surface area contributed by atoms with Crippen LogP contribution in [-0.4, -0.2) is 11.8 Å². The molecule has 0 heterocycles. The average molecular weight is 303 g/mol. The molecule has 0 spiro atoms. The zero-order chi connectivity index (χ0) is 15.4. The van der Waals surface area contributed by atoms with Crippen molar-refractivity contribution in [2.45, 2.75) is 13.8 Å². The zero-order valence-electron chi connectivity index (χ0n) is 11.7. The minimum atomic E-state index is -0.388. The van der Waals surface area contributed by atoms with Crippen LogP contribution in [0.2, 0.25) is 5.02 Å². The number of ketones is 1. The summed E-state index contributed by atoms with van der Waals surface area (Å²) in [5.74, 6) is -0.0512. The van der Waals surface area contributed by atoms with Crippen molar-refractivity contribution in [1.82, 2.24) is 0 Å². The molecule has 2 aromatic carbocycles. The first-order valence-corrected chi connectivity index (χ1v) is 6.79. The lowest BCUT2D eigenvalue weighted by Gasteiger charge is -2.11. The van der Waals surface area contributed by atoms with Crippen molar-refractivity contribution in [3.8, 4) is 0 Å². The molecule has 0 saturated heterocycles. The SMILES string of the molecule is CC(=O)c1cccc(NC(=O)Nc2cccc(Cl)c2C)c1. The van der Waals surface area contributed by atoms with E-state index >= 15 is 0 Å². The molecule has 108 valence electrons. The Morgan fingerprint density at radius 2 is 1.76 bits per heavy atom. The summed E-state index contributed by atoms with van der Waals surface area (Å²) >= 11 is 6.00. The van der Waals surface area contributed by atoms with Gasteiger partial charge in [-0.15, -0.1) is 0 Å². The Bertz CT molecular complexity index is 698. The van der Waals surface area contributed by atoms with Gasteiger partial charge in [0.25, 0.3) is 0 Å². The Hall–Kier alpha value is -2.33. The van der Waals surface area contributed by atoms with Crippen molar-refractivity contribution >= 4 is 34.8 Å². The number of carbonyl (C=O) groups excluding carboxylic acids is 2. The maximum atomic E-state index is 12.0. The first-order valence-electron chi connectivity index (χ1n) is 6.41. The minimum Gasteiger partial charge on any atom is -0.308 e. The van der Waals surface area contributed by atoms with Gasteiger partial charge >= 0.3 is 6.03 Å². The van der Waals surface area contributed by atoms with E-state index in [9.17, 15) is 9.59 Å². The average Bonchev–Trinajstić information content (AvgIpc) is 2.44. The number of amides is 2. The highest BCUT2D eigenvalue weighted by Gasteiger charge is 2.07. The molecule has 2 N–H and O–H groups in total. The molecule has 2 aromatic rings. The van der Waals surface area contributed by atoms with Crippen LogP contribution in [0.1, 0.15) is 22.8 Å². The van der Waals surface area contributed by atoms with E-state index in [1.807, 2.05) is 6.92 Å². The highest BCUT2D eigenvalue weighted by Crippen LogP contribution is 2.23. The minimum absolute atomic E-state index is 0.0512. The largest absolute Gasteiger partial charge is 0.323 e. The van der Waals surface area contributed by atoms with Gasteiger partial charge in [0.05, 0.1) is 0 Å². The van der Waals surface area contributed by atoms with E-state index in [2.05, 4.69) is 10.6 Å². The fourth-order valence-electron chi connectivity index (χ4n) is 1.84. The van der Waals surface area contributed by atoms with Crippen LogP contribution in [0.5, 0.6) is 0 Å². The van der Waals surface area contributed by atoms with Gasteiger partial charge in [-0.2, -0.15) is 0 Å². The van der Waals surface area contributed by atoms with E-state index < -0.39 is 0 Å². The number of Topliss-reactive ketones (excluding diaryl/α,β-unsaturated/α-hetero) is 1. The predicted molar refractivity (Wildman–Crippen MR) is 85.3 cm³/mol. The molecule has 0 fully saturated rings. The van der Waals surface area contributed by atoms with Crippen LogP contribution in [0.15, 0.2) is 42.5 Å². The van der Waals surface area contributed by atoms with E-state index in [0.29, 0.717) is 22.0 Å². The van der Waals surface area contributed by atoms with Crippen LogP contribution in [0.3, 0.4) is 0 Å². The van der Waals surface area contributed by atoms with Gasteiger partial charge in [0, 0.05) is 22.0 Å². The number of benzene rings is 2. The second-order valence-electron chi connectivity index (χ2n) is 4.63. The van der Waals surface area contributed by atoms with Crippen molar-refractivity contribution in [3.05, 3.63) is 58.6 Å². The van der Waals surface area contributed by atoms with Crippen LogP contribution in [0.4, 0.5) is 16.2 Å². The van der Waals surface area contributed by atoms with E-state index in [1.54, 1.807) is 42.5 Å². The Balaban J connectivity index is 2.10. The van der Waals surface area contributed by atoms with E-state index in [-0.39, 0.29) is 11.8 Å². The Kier molecular flexibility index (Phi) is 4.60. The quantitative estimate of drug-likeness (QED) is 0.820. The summed E-state index contributed by atoms with van der Waals surface area (Å²) in [4.78, 5) is 23.3. The first-order chi connectivity index (χ1) is 9.97. The number of urea groups is 1. The van der Waals surface area contributed by atoms with Gasteiger partial charge in [0.15, 0.2) is 5.78 Å². The highest BCUT2D eigenvalue weighted by molar-refractivity contribution is 6.31. The zero-order valence-corrected chi connectivity index (χ0v) is 12.5. The smallest absolute Gasteiger partial charge is 0.308 e. The molecule has 0 aliphatic rings. The molecule has 0 saturated carbocycles. The highest BCUT2D eigenvalue weighted by atomic mass is 35.5. The maximum Gasteiger partial charge on any atom is 0.323 e. The lowest BCUT2D eigenvalue weighted by molar-refractivity contribution is 0.101. The third kappa shape index (κ3) is 3.83. The molecule has 4 nitrogen and oxygen atoms in total. The summed E-state index contributed by atoms with van der Waals surface area (Å²) in [6, 6.07) is 11.7. The summed E-state index contributed by atoms with van der Waals surface area (Å²) in [5.41, 5.74) is 2.54. The second kappa shape index (κ2) is 6.41. The van der Waals surface area contributed by atoms with Crippen LogP contribution in [0.25, 0.3) is 0 Å². The van der Waals surface area contributed by atoms with Gasteiger partial charge in [0.2, 0.25) is 0 Å². The number of anilines is 2. The van der Waals surface area contributed by atoms with Crippen molar-refractivity contribution in [1.29, 1.82) is 0 Å². The topological polar surface area (TPSA) is 58.2 Å². The number of hydrogen-bond donors (Lipinski definition) is 2. The molecular weight excluding hydrogens is 288 g/mol. The first kappa shape index (κ1) is 15.1. The van der Waals surface area contributed by atoms with Crippen molar-refractivity contribution in [3.63, 3.8) is 0 Å². The fraction of sp³-hybridized carbons (Fsp3) is 0.125. The molecule has 0 radical (unpaired) electrons. The van der Waals surface area contributed by atoms with Crippen LogP contribution < -0.4 is 10.6 Å². The summed E-state index contributed by atoms with van der Waals surface area (Å²) in [6.45, 7) is 3.31. The number of halogens is 1. The van der Waals surface area contributed by atoms with Crippen molar-refractivity contribution < 1.29 is 9.59 Å². The van der Waals surface area contributed by atoms with Crippen LogP contribution >= 0.6 is 11.6 Å². The van der Waals surface area contributed by atoms with Crippen LogP contribution in [-0.2, 0) is 0 Å². The molecule has 21 heavy (non-hydrogen) atoms. The molecule has 0 aromatic heterocycles. The number of nitrogens with one attached hydrogen (secondary N) is 2. The molecule has 0 bridgehead atoms. The maximum absolute atomic E-state index is 12.0. The van der Waals surface area contributed by atoms with Crippen LogP contribution in [0, 0.1) is 6.92 Å². The fourth-order valence-corrected chi connectivity index (χ4v) is 2.02. The van der Waals surface area contributed by atoms with Gasteiger partial charge in [-0.1, -0.05) is 29.8 Å².